The average molecular weight is 527 g/mol. The van der Waals surface area contributed by atoms with E-state index in [0.29, 0.717) is 6.04 Å². The molecule has 2 saturated heterocycles. The average Bonchev–Trinajstić information content (AvgIpc) is 3.26. The molecule has 2 unspecified atom stereocenters. The molecule has 2 N–H and O–H groups in total. The van der Waals surface area contributed by atoms with Gasteiger partial charge in [-0.2, -0.15) is 0 Å². The van der Waals surface area contributed by atoms with Gasteiger partial charge in [0.2, 0.25) is 0 Å². The van der Waals surface area contributed by atoms with Crippen LogP contribution in [0.2, 0.25) is 0 Å². The van der Waals surface area contributed by atoms with E-state index in [0.717, 1.165) is 49.8 Å². The minimum absolute atomic E-state index is 0. The van der Waals surface area contributed by atoms with Crippen LogP contribution in [0.3, 0.4) is 0 Å². The summed E-state index contributed by atoms with van der Waals surface area (Å²) < 4.78 is 5.66. The van der Waals surface area contributed by atoms with Gasteiger partial charge >= 0.3 is 0 Å². The minimum Gasteiger partial charge on any atom is -0.496 e. The van der Waals surface area contributed by atoms with Crippen molar-refractivity contribution < 1.29 is 4.74 Å². The van der Waals surface area contributed by atoms with E-state index in [9.17, 15) is 0 Å². The van der Waals surface area contributed by atoms with Crippen molar-refractivity contribution in [1.29, 1.82) is 0 Å². The van der Waals surface area contributed by atoms with Gasteiger partial charge in [-0.1, -0.05) is 18.2 Å². The highest BCUT2D eigenvalue weighted by atomic mass is 127. The number of methoxy groups -OCH3 is 1. The second-order valence-electron chi connectivity index (χ2n) is 8.72. The van der Waals surface area contributed by atoms with E-state index in [-0.39, 0.29) is 24.0 Å². The van der Waals surface area contributed by atoms with E-state index < -0.39 is 0 Å². The van der Waals surface area contributed by atoms with Gasteiger partial charge in [0.05, 0.1) is 13.2 Å². The molecule has 0 amide bonds. The van der Waals surface area contributed by atoms with Crippen molar-refractivity contribution in [2.75, 3.05) is 53.4 Å². The van der Waals surface area contributed by atoms with E-state index in [1.54, 1.807) is 7.11 Å². The third-order valence-corrected chi connectivity index (χ3v) is 6.70. The van der Waals surface area contributed by atoms with E-state index in [2.05, 4.69) is 43.6 Å². The summed E-state index contributed by atoms with van der Waals surface area (Å²) in [6, 6.07) is 9.61. The number of ether oxygens (including phenoxy) is 1. The predicted molar refractivity (Wildman–Crippen MR) is 134 cm³/mol. The van der Waals surface area contributed by atoms with Gasteiger partial charge in [-0.3, -0.25) is 9.89 Å². The fourth-order valence-electron chi connectivity index (χ4n) is 4.89. The van der Waals surface area contributed by atoms with Crippen molar-refractivity contribution in [3.8, 4) is 5.75 Å². The van der Waals surface area contributed by atoms with Crippen LogP contribution in [0.5, 0.6) is 5.75 Å². The summed E-state index contributed by atoms with van der Waals surface area (Å²) in [5.41, 5.74) is 1.26. The first-order valence-electron chi connectivity index (χ1n) is 11.3. The maximum atomic E-state index is 5.66. The largest absolute Gasteiger partial charge is 0.496 e. The Kier molecular flexibility index (Phi) is 9.07. The lowest BCUT2D eigenvalue weighted by Gasteiger charge is -2.30. The van der Waals surface area contributed by atoms with Gasteiger partial charge in [0.15, 0.2) is 5.96 Å². The normalized spacial score (nSPS) is 23.8. The van der Waals surface area contributed by atoms with Gasteiger partial charge in [0.1, 0.15) is 5.75 Å². The first-order chi connectivity index (χ1) is 14.3. The molecule has 1 aromatic rings. The van der Waals surface area contributed by atoms with Crippen LogP contribution in [-0.2, 0) is 0 Å². The Hall–Kier alpha value is -1.06. The number of nitrogens with zero attached hydrogens (tertiary/aromatic N) is 3. The zero-order chi connectivity index (χ0) is 20.1. The van der Waals surface area contributed by atoms with Gasteiger partial charge in [-0.15, -0.1) is 24.0 Å². The molecular formula is C23H38IN5O. The molecule has 6 nitrogen and oxygen atoms in total. The van der Waals surface area contributed by atoms with Crippen LogP contribution in [0.1, 0.15) is 43.7 Å². The minimum atomic E-state index is 0. The predicted octanol–water partition coefficient (Wildman–Crippen LogP) is 3.10. The summed E-state index contributed by atoms with van der Waals surface area (Å²) >= 11 is 0. The lowest BCUT2D eigenvalue weighted by Crippen LogP contribution is -2.44. The standard InChI is InChI=1S/C23H37N5O.HI/c1-24-23(25-15-18-11-14-28(17-18)19-9-10-19)26-16-21(27-12-5-6-13-27)20-7-3-4-8-22(20)29-2;/h3-4,7-8,18-19,21H,5-6,9-17H2,1-2H3,(H2,24,25,26);1H. The maximum absolute atomic E-state index is 5.66. The number of hydrogen-bond acceptors (Lipinski definition) is 4. The smallest absolute Gasteiger partial charge is 0.191 e. The van der Waals surface area contributed by atoms with Gasteiger partial charge in [-0.05, 0) is 63.7 Å². The third kappa shape index (κ3) is 6.01. The van der Waals surface area contributed by atoms with Crippen LogP contribution >= 0.6 is 24.0 Å². The molecule has 0 aromatic heterocycles. The van der Waals surface area contributed by atoms with Crippen molar-refractivity contribution in [2.24, 2.45) is 10.9 Å². The van der Waals surface area contributed by atoms with Gasteiger partial charge < -0.3 is 20.3 Å². The summed E-state index contributed by atoms with van der Waals surface area (Å²) in [6.45, 7) is 6.65. The Labute approximate surface area is 198 Å². The summed E-state index contributed by atoms with van der Waals surface area (Å²) in [5.74, 6) is 2.62. The zero-order valence-corrected chi connectivity index (χ0v) is 20.8. The molecule has 1 aromatic carbocycles. The Morgan fingerprint density at radius 1 is 1.13 bits per heavy atom. The van der Waals surface area contributed by atoms with Crippen LogP contribution < -0.4 is 15.4 Å². The number of likely N-dealkylation sites (tertiary alicyclic amines) is 2. The first-order valence-corrected chi connectivity index (χ1v) is 11.3. The number of para-hydroxylation sites is 1. The molecule has 168 valence electrons. The van der Waals surface area contributed by atoms with Gasteiger partial charge in [0, 0.05) is 38.3 Å². The Morgan fingerprint density at radius 3 is 2.60 bits per heavy atom. The third-order valence-electron chi connectivity index (χ3n) is 6.70. The lowest BCUT2D eigenvalue weighted by molar-refractivity contribution is 0.239. The molecular weight excluding hydrogens is 489 g/mol. The van der Waals surface area contributed by atoms with Crippen molar-refractivity contribution in [3.63, 3.8) is 0 Å². The molecule has 7 heteroatoms. The lowest BCUT2D eigenvalue weighted by atomic mass is 10.0. The summed E-state index contributed by atoms with van der Waals surface area (Å²) in [4.78, 5) is 9.73. The molecule has 3 aliphatic rings. The summed E-state index contributed by atoms with van der Waals surface area (Å²) in [6.07, 6.45) is 6.67. The van der Waals surface area contributed by atoms with Crippen LogP contribution in [0.4, 0.5) is 0 Å². The van der Waals surface area contributed by atoms with Crippen LogP contribution in [0, 0.1) is 5.92 Å². The molecule has 2 heterocycles. The first kappa shape index (κ1) is 23.6. The highest BCUT2D eigenvalue weighted by Gasteiger charge is 2.34. The zero-order valence-electron chi connectivity index (χ0n) is 18.5. The Bertz CT molecular complexity index is 690. The van der Waals surface area contributed by atoms with Crippen molar-refractivity contribution in [2.45, 2.75) is 44.2 Å². The second-order valence-corrected chi connectivity index (χ2v) is 8.72. The van der Waals surface area contributed by atoms with Crippen LogP contribution in [-0.4, -0.2) is 75.2 Å². The number of guanidine groups is 1. The van der Waals surface area contributed by atoms with Gasteiger partial charge in [0.25, 0.3) is 0 Å². The number of hydrogen-bond donors (Lipinski definition) is 2. The molecule has 4 rings (SSSR count). The molecule has 0 radical (unpaired) electrons. The van der Waals surface area contributed by atoms with Gasteiger partial charge in [-0.25, -0.2) is 0 Å². The molecule has 0 bridgehead atoms. The highest BCUT2D eigenvalue weighted by Crippen LogP contribution is 2.32. The van der Waals surface area contributed by atoms with Crippen molar-refractivity contribution in [1.82, 2.24) is 20.4 Å². The number of rotatable bonds is 8. The number of halogens is 1. The van der Waals surface area contributed by atoms with Crippen LogP contribution in [0.25, 0.3) is 0 Å². The molecule has 2 atom stereocenters. The van der Waals surface area contributed by atoms with Crippen LogP contribution in [0.15, 0.2) is 29.3 Å². The molecule has 30 heavy (non-hydrogen) atoms. The summed E-state index contributed by atoms with van der Waals surface area (Å²) in [5, 5.41) is 7.17. The fourth-order valence-corrected chi connectivity index (χ4v) is 4.89. The van der Waals surface area contributed by atoms with Crippen molar-refractivity contribution >= 4 is 29.9 Å². The van der Waals surface area contributed by atoms with E-state index in [1.807, 2.05) is 13.1 Å². The van der Waals surface area contributed by atoms with Crippen molar-refractivity contribution in [3.05, 3.63) is 29.8 Å². The molecule has 1 saturated carbocycles. The fraction of sp³-hybridized carbons (Fsp3) is 0.696. The molecule has 0 spiro atoms. The van der Waals surface area contributed by atoms with E-state index in [1.165, 1.54) is 50.8 Å². The number of aliphatic imine (C=N–C) groups is 1. The summed E-state index contributed by atoms with van der Waals surface area (Å²) in [7, 11) is 3.63. The second kappa shape index (κ2) is 11.5. The quantitative estimate of drug-likeness (QED) is 0.309. The maximum Gasteiger partial charge on any atom is 0.191 e. The SMILES string of the molecule is CN=C(NCC1CCN(C2CC2)C1)NCC(c1ccccc1OC)N1CCCC1.I. The van der Waals surface area contributed by atoms with E-state index >= 15 is 0 Å². The number of benzene rings is 1. The molecule has 1 aliphatic carbocycles. The Morgan fingerprint density at radius 2 is 1.90 bits per heavy atom. The monoisotopic (exact) mass is 527 g/mol. The topological polar surface area (TPSA) is 52.1 Å². The Balaban J connectivity index is 0.00000256. The number of nitrogens with one attached hydrogen (secondary N) is 2. The molecule has 3 fully saturated rings. The molecule has 2 aliphatic heterocycles. The van der Waals surface area contributed by atoms with E-state index in [4.69, 9.17) is 4.74 Å². The highest BCUT2D eigenvalue weighted by molar-refractivity contribution is 14.0.